The third kappa shape index (κ3) is 3.58. The van der Waals surface area contributed by atoms with Gasteiger partial charge in [0.1, 0.15) is 5.75 Å². The third-order valence-corrected chi connectivity index (χ3v) is 6.62. The molecule has 0 N–H and O–H groups in total. The van der Waals surface area contributed by atoms with Gasteiger partial charge < -0.3 is 4.74 Å². The Hall–Kier alpha value is -4.18. The molecule has 0 spiro atoms. The summed E-state index contributed by atoms with van der Waals surface area (Å²) in [6.45, 7) is 4.32. The Labute approximate surface area is 200 Å². The van der Waals surface area contributed by atoms with Gasteiger partial charge in [-0.1, -0.05) is 77.7 Å². The van der Waals surface area contributed by atoms with Crippen molar-refractivity contribution < 1.29 is 4.74 Å². The lowest BCUT2D eigenvalue weighted by Crippen LogP contribution is -2.50. The summed E-state index contributed by atoms with van der Waals surface area (Å²) in [5.74, 6) is 1.36. The molecule has 162 valence electrons. The predicted octanol–water partition coefficient (Wildman–Crippen LogP) is 5.05. The van der Waals surface area contributed by atoms with Gasteiger partial charge in [0.15, 0.2) is 0 Å². The summed E-state index contributed by atoms with van der Waals surface area (Å²) < 4.78 is 5.98. The van der Waals surface area contributed by atoms with Crippen LogP contribution in [-0.4, -0.2) is 16.7 Å². The quantitative estimate of drug-likeness (QED) is 0.362. The van der Waals surface area contributed by atoms with Crippen LogP contribution in [0.15, 0.2) is 103 Å². The highest BCUT2D eigenvalue weighted by Gasteiger charge is 2.34. The number of rotatable bonds is 4. The Morgan fingerprint density at radius 3 is 2.35 bits per heavy atom. The van der Waals surface area contributed by atoms with Crippen LogP contribution < -0.4 is 21.3 Å². The van der Waals surface area contributed by atoms with Crippen LogP contribution in [-0.2, 0) is 0 Å². The molecule has 1 aliphatic heterocycles. The predicted molar refractivity (Wildman–Crippen MR) is 140 cm³/mol. The Balaban J connectivity index is 1.44. The average molecular weight is 438 g/mol. The van der Waals surface area contributed by atoms with E-state index in [2.05, 4.69) is 85.6 Å². The number of fused-ring (bicyclic) bond motifs is 3. The van der Waals surface area contributed by atoms with E-state index in [9.17, 15) is 0 Å². The van der Waals surface area contributed by atoms with E-state index in [0.29, 0.717) is 5.88 Å². The van der Waals surface area contributed by atoms with E-state index < -0.39 is 0 Å². The molecular weight excluding hydrogens is 415 g/mol. The van der Waals surface area contributed by atoms with Crippen molar-refractivity contribution in [3.05, 3.63) is 115 Å². The van der Waals surface area contributed by atoms with E-state index in [0.717, 1.165) is 28.2 Å². The standard InChI is InChI=1S/C30H23BN2O/c1-20-13-16-29(33-21(20)2)31-27-11-4-3-10-25(27)26-15-14-23(19-28(26)31)22-8-7-9-24(18-22)34-30-12-5-6-17-32-30/h3-19H,1-2H3. The summed E-state index contributed by atoms with van der Waals surface area (Å²) in [6, 6.07) is 33.7. The number of benzene rings is 3. The Morgan fingerprint density at radius 2 is 1.50 bits per heavy atom. The molecule has 6 rings (SSSR count). The second kappa shape index (κ2) is 8.31. The molecule has 1 aliphatic rings. The number of pyridine rings is 2. The number of nitrogens with zero attached hydrogens (tertiary/aromatic N) is 2. The molecule has 0 radical (unpaired) electrons. The van der Waals surface area contributed by atoms with Crippen molar-refractivity contribution in [2.75, 3.05) is 0 Å². The maximum absolute atomic E-state index is 5.98. The molecule has 0 saturated heterocycles. The largest absolute Gasteiger partial charge is 0.439 e. The molecule has 0 amide bonds. The van der Waals surface area contributed by atoms with Crippen molar-refractivity contribution in [2.45, 2.75) is 13.8 Å². The van der Waals surface area contributed by atoms with Crippen LogP contribution in [0.3, 0.4) is 0 Å². The van der Waals surface area contributed by atoms with Crippen LogP contribution in [0.2, 0.25) is 0 Å². The maximum atomic E-state index is 5.98. The summed E-state index contributed by atoms with van der Waals surface area (Å²) in [7, 11) is 0. The minimum absolute atomic E-state index is 0.124. The molecule has 0 bridgehead atoms. The lowest BCUT2D eigenvalue weighted by Gasteiger charge is -2.13. The normalized spacial score (nSPS) is 11.8. The number of aryl methyl sites for hydroxylation is 2. The minimum Gasteiger partial charge on any atom is -0.439 e. The first-order valence-electron chi connectivity index (χ1n) is 11.5. The summed E-state index contributed by atoms with van der Waals surface area (Å²) in [5.41, 5.74) is 10.9. The van der Waals surface area contributed by atoms with Crippen LogP contribution >= 0.6 is 0 Å². The molecule has 3 nitrogen and oxygen atoms in total. The molecule has 2 aromatic heterocycles. The SMILES string of the molecule is Cc1ccc(B2c3ccccc3-c3ccc(-c4cccc(Oc5ccccn5)c4)cc32)nc1C. The molecule has 0 unspecified atom stereocenters. The van der Waals surface area contributed by atoms with Gasteiger partial charge in [0.2, 0.25) is 5.88 Å². The molecule has 4 heteroatoms. The zero-order valence-corrected chi connectivity index (χ0v) is 19.2. The highest BCUT2D eigenvalue weighted by molar-refractivity contribution is 6.98. The lowest BCUT2D eigenvalue weighted by atomic mass is 9.40. The van der Waals surface area contributed by atoms with Crippen LogP contribution in [0.1, 0.15) is 11.3 Å². The average Bonchev–Trinajstić information content (AvgIpc) is 3.20. The highest BCUT2D eigenvalue weighted by atomic mass is 16.5. The summed E-state index contributed by atoms with van der Waals surface area (Å²) in [6.07, 6.45) is 1.73. The fraction of sp³-hybridized carbons (Fsp3) is 0.0667. The number of hydrogen-bond donors (Lipinski definition) is 0. The molecule has 5 aromatic rings. The highest BCUT2D eigenvalue weighted by Crippen LogP contribution is 2.30. The van der Waals surface area contributed by atoms with Gasteiger partial charge in [0.25, 0.3) is 6.71 Å². The summed E-state index contributed by atoms with van der Waals surface area (Å²) in [4.78, 5) is 9.26. The van der Waals surface area contributed by atoms with Gasteiger partial charge in [0, 0.05) is 23.6 Å². The van der Waals surface area contributed by atoms with Crippen molar-refractivity contribution in [3.8, 4) is 33.9 Å². The van der Waals surface area contributed by atoms with Crippen LogP contribution in [0.5, 0.6) is 11.6 Å². The fourth-order valence-electron chi connectivity index (χ4n) is 4.78. The van der Waals surface area contributed by atoms with Crippen molar-refractivity contribution >= 4 is 23.2 Å². The molecule has 0 aliphatic carbocycles. The first kappa shape index (κ1) is 20.4. The minimum atomic E-state index is 0.124. The third-order valence-electron chi connectivity index (χ3n) is 6.62. The summed E-state index contributed by atoms with van der Waals surface area (Å²) >= 11 is 0. The van der Waals surface area contributed by atoms with Crippen LogP contribution in [0.4, 0.5) is 0 Å². The van der Waals surface area contributed by atoms with E-state index in [1.165, 1.54) is 27.6 Å². The molecule has 0 atom stereocenters. The lowest BCUT2D eigenvalue weighted by molar-refractivity contribution is 0.463. The van der Waals surface area contributed by atoms with Gasteiger partial charge in [-0.3, -0.25) is 4.98 Å². The van der Waals surface area contributed by atoms with E-state index >= 15 is 0 Å². The van der Waals surface area contributed by atoms with Crippen molar-refractivity contribution in [2.24, 2.45) is 0 Å². The second-order valence-corrected chi connectivity index (χ2v) is 8.76. The maximum Gasteiger partial charge on any atom is 0.266 e. The zero-order valence-electron chi connectivity index (χ0n) is 19.2. The van der Waals surface area contributed by atoms with E-state index in [1.54, 1.807) is 6.20 Å². The zero-order chi connectivity index (χ0) is 23.1. The Kier molecular flexibility index (Phi) is 4.99. The topological polar surface area (TPSA) is 35.0 Å². The van der Waals surface area contributed by atoms with E-state index in [4.69, 9.17) is 9.72 Å². The van der Waals surface area contributed by atoms with Gasteiger partial charge >= 0.3 is 0 Å². The number of aromatic nitrogens is 2. The van der Waals surface area contributed by atoms with E-state index in [-0.39, 0.29) is 6.71 Å². The van der Waals surface area contributed by atoms with Crippen LogP contribution in [0.25, 0.3) is 22.3 Å². The van der Waals surface area contributed by atoms with Crippen molar-refractivity contribution in [3.63, 3.8) is 0 Å². The molecule has 0 fully saturated rings. The molecule has 34 heavy (non-hydrogen) atoms. The molecule has 3 aromatic carbocycles. The number of ether oxygens (including phenoxy) is 1. The van der Waals surface area contributed by atoms with E-state index in [1.807, 2.05) is 30.3 Å². The molecule has 3 heterocycles. The second-order valence-electron chi connectivity index (χ2n) is 8.76. The Bertz CT molecular complexity index is 1510. The van der Waals surface area contributed by atoms with Gasteiger partial charge in [-0.2, -0.15) is 0 Å². The fourth-order valence-corrected chi connectivity index (χ4v) is 4.78. The first-order valence-corrected chi connectivity index (χ1v) is 11.5. The van der Waals surface area contributed by atoms with Gasteiger partial charge in [0.05, 0.1) is 0 Å². The van der Waals surface area contributed by atoms with Gasteiger partial charge in [-0.05, 0) is 65.9 Å². The van der Waals surface area contributed by atoms with Gasteiger partial charge in [-0.25, -0.2) is 4.98 Å². The molecular formula is C30H23BN2O. The Morgan fingerprint density at radius 1 is 0.676 bits per heavy atom. The summed E-state index contributed by atoms with van der Waals surface area (Å²) in [5, 5.41) is 0. The van der Waals surface area contributed by atoms with Crippen molar-refractivity contribution in [1.82, 2.24) is 9.97 Å². The monoisotopic (exact) mass is 438 g/mol. The van der Waals surface area contributed by atoms with Crippen LogP contribution in [0, 0.1) is 13.8 Å². The first-order chi connectivity index (χ1) is 16.7. The van der Waals surface area contributed by atoms with Crippen molar-refractivity contribution in [1.29, 1.82) is 0 Å². The smallest absolute Gasteiger partial charge is 0.266 e. The van der Waals surface area contributed by atoms with Gasteiger partial charge in [-0.15, -0.1) is 0 Å². The number of hydrogen-bond acceptors (Lipinski definition) is 3. The molecule has 0 saturated carbocycles.